The van der Waals surface area contributed by atoms with Crippen molar-refractivity contribution in [3.63, 3.8) is 0 Å². The molecule has 0 unspecified atom stereocenters. The van der Waals surface area contributed by atoms with Gasteiger partial charge in [0.25, 0.3) is 0 Å². The van der Waals surface area contributed by atoms with Crippen molar-refractivity contribution in [2.75, 3.05) is 4.90 Å². The highest BCUT2D eigenvalue weighted by Gasteiger charge is 2.42. The Labute approximate surface area is 272 Å². The van der Waals surface area contributed by atoms with Gasteiger partial charge in [-0.1, -0.05) is 121 Å². The highest BCUT2D eigenvalue weighted by molar-refractivity contribution is 6.90. The zero-order valence-electron chi connectivity index (χ0n) is 25.6. The molecule has 9 aromatic rings. The molecule has 3 heterocycles. The number of para-hydroxylation sites is 2. The van der Waals surface area contributed by atoms with Gasteiger partial charge < -0.3 is 9.38 Å². The van der Waals surface area contributed by atoms with Gasteiger partial charge in [-0.05, 0) is 91.6 Å². The lowest BCUT2D eigenvalue weighted by Crippen LogP contribution is -2.56. The van der Waals surface area contributed by atoms with E-state index >= 15 is 0 Å². The maximum absolute atomic E-state index is 2.63. The molecule has 0 bridgehead atoms. The van der Waals surface area contributed by atoms with Crippen LogP contribution < -0.4 is 15.8 Å². The molecule has 3 heteroatoms. The summed E-state index contributed by atoms with van der Waals surface area (Å²) < 4.78 is 2.63. The molecular formula is C44H27BN2. The summed E-state index contributed by atoms with van der Waals surface area (Å²) in [6, 6.07) is 60.7. The van der Waals surface area contributed by atoms with Gasteiger partial charge in [0.15, 0.2) is 0 Å². The van der Waals surface area contributed by atoms with Crippen LogP contribution in [0.1, 0.15) is 0 Å². The molecule has 0 N–H and O–H groups in total. The average molecular weight is 595 g/mol. The number of anilines is 3. The van der Waals surface area contributed by atoms with Crippen LogP contribution in [0, 0.1) is 0 Å². The molecule has 0 fully saturated rings. The van der Waals surface area contributed by atoms with Crippen LogP contribution in [0.3, 0.4) is 0 Å². The fraction of sp³-hybridized carbons (Fsp3) is 0. The minimum absolute atomic E-state index is 0.0456. The minimum Gasteiger partial charge on any atom is -0.375 e. The van der Waals surface area contributed by atoms with Crippen LogP contribution in [0.4, 0.5) is 17.1 Å². The van der Waals surface area contributed by atoms with Gasteiger partial charge in [-0.2, -0.15) is 0 Å². The Morgan fingerprint density at radius 1 is 0.426 bits per heavy atom. The third-order valence-electron chi connectivity index (χ3n) is 10.5. The number of hydrogen-bond acceptors (Lipinski definition) is 1. The fourth-order valence-electron chi connectivity index (χ4n) is 8.48. The van der Waals surface area contributed by atoms with Gasteiger partial charge in [-0.25, -0.2) is 0 Å². The average Bonchev–Trinajstić information content (AvgIpc) is 3.47. The van der Waals surface area contributed by atoms with Gasteiger partial charge in [0.2, 0.25) is 0 Å². The second kappa shape index (κ2) is 9.25. The van der Waals surface area contributed by atoms with Crippen molar-refractivity contribution >= 4 is 78.2 Å². The van der Waals surface area contributed by atoms with Crippen molar-refractivity contribution < 1.29 is 0 Å². The standard InChI is InChI=1S/C44H27BN2/c1-2-10-28(11-3-1)29-20-22-34(23-21-29)46-41-19-9-15-36-38-17-8-16-37-35-14-6-7-18-40(35)47(44(37)38)45(43(36)41)39-26-32-24-30-12-4-5-13-31(30)25-33(32)27-42(39)46/h1-27H. The second-order valence-electron chi connectivity index (χ2n) is 12.9. The van der Waals surface area contributed by atoms with Crippen molar-refractivity contribution in [3.05, 3.63) is 164 Å². The maximum atomic E-state index is 2.63. The van der Waals surface area contributed by atoms with E-state index in [1.165, 1.54) is 93.6 Å². The molecule has 0 saturated carbocycles. The normalized spacial score (nSPS) is 13.0. The van der Waals surface area contributed by atoms with Gasteiger partial charge >= 0.3 is 6.85 Å². The Hall–Kier alpha value is -6.06. The summed E-state index contributed by atoms with van der Waals surface area (Å²) >= 11 is 0. The molecule has 0 saturated heterocycles. The number of fused-ring (bicyclic) bond motifs is 9. The van der Waals surface area contributed by atoms with Gasteiger partial charge in [0.05, 0.1) is 0 Å². The van der Waals surface area contributed by atoms with E-state index in [-0.39, 0.29) is 6.85 Å². The summed E-state index contributed by atoms with van der Waals surface area (Å²) in [6.45, 7) is 0.0456. The van der Waals surface area contributed by atoms with E-state index in [9.17, 15) is 0 Å². The molecule has 0 radical (unpaired) electrons. The number of aromatic nitrogens is 1. The molecule has 0 amide bonds. The second-order valence-corrected chi connectivity index (χ2v) is 12.9. The van der Waals surface area contributed by atoms with Crippen LogP contribution in [0.25, 0.3) is 65.6 Å². The monoisotopic (exact) mass is 594 g/mol. The lowest BCUT2D eigenvalue weighted by atomic mass is 9.45. The van der Waals surface area contributed by atoms with Crippen LogP contribution in [0.2, 0.25) is 0 Å². The smallest absolute Gasteiger partial charge is 0.333 e. The third kappa shape index (κ3) is 3.41. The van der Waals surface area contributed by atoms with Crippen LogP contribution in [-0.4, -0.2) is 11.3 Å². The van der Waals surface area contributed by atoms with Crippen LogP contribution in [-0.2, 0) is 0 Å². The van der Waals surface area contributed by atoms with Gasteiger partial charge in [0, 0.05) is 44.4 Å². The first-order valence-corrected chi connectivity index (χ1v) is 16.4. The molecule has 0 atom stereocenters. The molecule has 47 heavy (non-hydrogen) atoms. The summed E-state index contributed by atoms with van der Waals surface area (Å²) in [7, 11) is 0. The van der Waals surface area contributed by atoms with Crippen LogP contribution in [0.5, 0.6) is 0 Å². The first kappa shape index (κ1) is 25.2. The minimum atomic E-state index is 0.0456. The zero-order valence-corrected chi connectivity index (χ0v) is 25.6. The molecular weight excluding hydrogens is 567 g/mol. The Morgan fingerprint density at radius 2 is 1.09 bits per heavy atom. The van der Waals surface area contributed by atoms with Crippen molar-refractivity contribution in [2.24, 2.45) is 0 Å². The Morgan fingerprint density at radius 3 is 1.91 bits per heavy atom. The molecule has 2 nitrogen and oxygen atoms in total. The quantitative estimate of drug-likeness (QED) is 0.143. The first-order chi connectivity index (χ1) is 23.3. The number of hydrogen-bond donors (Lipinski definition) is 0. The van der Waals surface area contributed by atoms with Gasteiger partial charge in [0.1, 0.15) is 0 Å². The summed E-state index contributed by atoms with van der Waals surface area (Å²) in [6.07, 6.45) is 0. The lowest BCUT2D eigenvalue weighted by molar-refractivity contribution is 1.26. The third-order valence-corrected chi connectivity index (χ3v) is 10.5. The van der Waals surface area contributed by atoms with Gasteiger partial charge in [-0.3, -0.25) is 0 Å². The van der Waals surface area contributed by atoms with Crippen molar-refractivity contribution in [2.45, 2.75) is 0 Å². The summed E-state index contributed by atoms with van der Waals surface area (Å²) in [4.78, 5) is 2.50. The van der Waals surface area contributed by atoms with E-state index in [1.54, 1.807) is 0 Å². The number of benzene rings is 8. The summed E-state index contributed by atoms with van der Waals surface area (Å²) in [5.74, 6) is 0. The Bertz CT molecular complexity index is 2740. The van der Waals surface area contributed by atoms with Crippen molar-refractivity contribution in [3.8, 4) is 22.3 Å². The van der Waals surface area contributed by atoms with E-state index in [2.05, 4.69) is 173 Å². The van der Waals surface area contributed by atoms with E-state index < -0.39 is 0 Å². The largest absolute Gasteiger partial charge is 0.375 e. The van der Waals surface area contributed by atoms with E-state index in [0.717, 1.165) is 0 Å². The van der Waals surface area contributed by atoms with Crippen LogP contribution >= 0.6 is 0 Å². The highest BCUT2D eigenvalue weighted by atomic mass is 15.2. The molecule has 2 aliphatic rings. The lowest BCUT2D eigenvalue weighted by Gasteiger charge is -2.40. The summed E-state index contributed by atoms with van der Waals surface area (Å²) in [5.41, 5.74) is 14.0. The first-order valence-electron chi connectivity index (χ1n) is 16.4. The maximum Gasteiger partial charge on any atom is 0.333 e. The van der Waals surface area contributed by atoms with Crippen LogP contribution in [0.15, 0.2) is 164 Å². The topological polar surface area (TPSA) is 8.17 Å². The highest BCUT2D eigenvalue weighted by Crippen LogP contribution is 2.45. The predicted molar refractivity (Wildman–Crippen MR) is 200 cm³/mol. The van der Waals surface area contributed by atoms with Crippen molar-refractivity contribution in [1.29, 1.82) is 0 Å². The summed E-state index contributed by atoms with van der Waals surface area (Å²) in [5, 5.41) is 7.70. The number of rotatable bonds is 2. The molecule has 1 aromatic heterocycles. The predicted octanol–water partition coefficient (Wildman–Crippen LogP) is 10.2. The van der Waals surface area contributed by atoms with E-state index in [1.807, 2.05) is 0 Å². The zero-order chi connectivity index (χ0) is 30.6. The molecule has 2 aliphatic heterocycles. The fourth-order valence-corrected chi connectivity index (χ4v) is 8.48. The Kier molecular flexibility index (Phi) is 4.95. The van der Waals surface area contributed by atoms with Gasteiger partial charge in [-0.15, -0.1) is 0 Å². The molecule has 216 valence electrons. The molecule has 0 spiro atoms. The Balaban J connectivity index is 1.25. The van der Waals surface area contributed by atoms with E-state index in [0.29, 0.717) is 0 Å². The van der Waals surface area contributed by atoms with Crippen molar-refractivity contribution in [1.82, 2.24) is 4.48 Å². The SMILES string of the molecule is c1ccc(-c2ccc(N3c4cc5cc6ccccc6cc5cc4B4c5c(cccc53)-c3cccc5c6ccccc6n4c35)cc2)cc1. The number of nitrogens with zero attached hydrogens (tertiary/aromatic N) is 2. The molecule has 8 aromatic carbocycles. The molecule has 0 aliphatic carbocycles. The molecule has 11 rings (SSSR count). The van der Waals surface area contributed by atoms with E-state index in [4.69, 9.17) is 0 Å².